The quantitative estimate of drug-likeness (QED) is 0.773. The van der Waals surface area contributed by atoms with Gasteiger partial charge in [0.1, 0.15) is 11.4 Å². The van der Waals surface area contributed by atoms with Crippen molar-refractivity contribution in [3.8, 4) is 0 Å². The van der Waals surface area contributed by atoms with Crippen LogP contribution in [0.4, 0.5) is 0 Å². The third-order valence-electron chi connectivity index (χ3n) is 5.67. The lowest BCUT2D eigenvalue weighted by molar-refractivity contribution is -0.312. The van der Waals surface area contributed by atoms with E-state index in [4.69, 9.17) is 0 Å². The van der Waals surface area contributed by atoms with Crippen molar-refractivity contribution in [2.24, 2.45) is 5.92 Å². The van der Waals surface area contributed by atoms with E-state index in [9.17, 15) is 19.5 Å². The largest absolute Gasteiger partial charge is 0.550 e. The van der Waals surface area contributed by atoms with Gasteiger partial charge in [-0.1, -0.05) is 18.2 Å². The number of benzene rings is 1. The lowest BCUT2D eigenvalue weighted by atomic mass is 9.94. The molecule has 3 heterocycles. The second-order valence-electron chi connectivity index (χ2n) is 7.69. The molecule has 0 aliphatic carbocycles. The maximum absolute atomic E-state index is 13.3. The number of amides is 2. The third-order valence-corrected chi connectivity index (χ3v) is 7.21. The number of hydrogen-bond acceptors (Lipinski definition) is 5. The minimum Gasteiger partial charge on any atom is -0.550 e. The number of rotatable bonds is 2. The Kier molecular flexibility index (Phi) is 4.02. The molecule has 1 aromatic carbocycles. The van der Waals surface area contributed by atoms with Crippen LogP contribution in [0.3, 0.4) is 0 Å². The van der Waals surface area contributed by atoms with E-state index >= 15 is 0 Å². The first-order valence-electron chi connectivity index (χ1n) is 8.90. The van der Waals surface area contributed by atoms with E-state index in [1.165, 1.54) is 0 Å². The molecule has 3 aliphatic heterocycles. The van der Waals surface area contributed by atoms with Gasteiger partial charge in [-0.25, -0.2) is 0 Å². The molecule has 0 bridgehead atoms. The Labute approximate surface area is 156 Å². The summed E-state index contributed by atoms with van der Waals surface area (Å²) >= 11 is 1.64. The SMILES string of the molecule is CC1(C)S[C@H]2c3ccccc3C(=O)N2[C@@H]1C(=O)N1CCC(C(=O)[O-])CC1. The summed E-state index contributed by atoms with van der Waals surface area (Å²) in [5.41, 5.74) is 1.65. The second-order valence-corrected chi connectivity index (χ2v) is 9.43. The zero-order valence-electron chi connectivity index (χ0n) is 14.8. The molecular formula is C19H21N2O4S-. The number of hydrogen-bond donors (Lipinski definition) is 0. The number of carbonyl (C=O) groups is 3. The first-order chi connectivity index (χ1) is 12.3. The molecule has 0 radical (unpaired) electrons. The highest BCUT2D eigenvalue weighted by atomic mass is 32.2. The molecule has 0 unspecified atom stereocenters. The molecular weight excluding hydrogens is 352 g/mol. The number of carboxylic acids is 1. The molecule has 2 saturated heterocycles. The lowest BCUT2D eigenvalue weighted by Crippen LogP contribution is -2.55. The fraction of sp³-hybridized carbons (Fsp3) is 0.526. The van der Waals surface area contributed by atoms with Crippen LogP contribution in [0.5, 0.6) is 0 Å². The average molecular weight is 373 g/mol. The summed E-state index contributed by atoms with van der Waals surface area (Å²) in [6.45, 7) is 4.80. The van der Waals surface area contributed by atoms with Crippen molar-refractivity contribution >= 4 is 29.5 Å². The summed E-state index contributed by atoms with van der Waals surface area (Å²) in [4.78, 5) is 40.7. The zero-order chi connectivity index (χ0) is 18.6. The summed E-state index contributed by atoms with van der Waals surface area (Å²) in [6, 6.07) is 6.99. The van der Waals surface area contributed by atoms with Gasteiger partial charge in [-0.3, -0.25) is 9.59 Å². The Bertz CT molecular complexity index is 785. The van der Waals surface area contributed by atoms with Gasteiger partial charge in [0.2, 0.25) is 5.91 Å². The predicted octanol–water partition coefficient (Wildman–Crippen LogP) is 1.02. The van der Waals surface area contributed by atoms with Crippen LogP contribution in [-0.2, 0) is 9.59 Å². The summed E-state index contributed by atoms with van der Waals surface area (Å²) in [6.07, 6.45) is 0.817. The second kappa shape index (κ2) is 6.01. The molecule has 2 amide bonds. The van der Waals surface area contributed by atoms with Gasteiger partial charge in [-0.15, -0.1) is 11.8 Å². The minimum atomic E-state index is -1.04. The highest BCUT2D eigenvalue weighted by molar-refractivity contribution is 8.01. The van der Waals surface area contributed by atoms with E-state index in [-0.39, 0.29) is 17.2 Å². The van der Waals surface area contributed by atoms with Crippen molar-refractivity contribution in [1.29, 1.82) is 0 Å². The molecule has 0 N–H and O–H groups in total. The number of thioether (sulfide) groups is 1. The third kappa shape index (κ3) is 2.52. The van der Waals surface area contributed by atoms with E-state index in [0.29, 0.717) is 31.5 Å². The summed E-state index contributed by atoms with van der Waals surface area (Å²) < 4.78 is -0.407. The minimum absolute atomic E-state index is 0.0806. The molecule has 0 saturated carbocycles. The van der Waals surface area contributed by atoms with Crippen LogP contribution in [-0.4, -0.2) is 51.5 Å². The molecule has 3 aliphatic rings. The molecule has 2 fully saturated rings. The normalized spacial score (nSPS) is 27.4. The Morgan fingerprint density at radius 2 is 1.85 bits per heavy atom. The van der Waals surface area contributed by atoms with Crippen molar-refractivity contribution in [2.45, 2.75) is 42.9 Å². The highest BCUT2D eigenvalue weighted by Crippen LogP contribution is 2.56. The Hall–Kier alpha value is -2.02. The molecule has 2 atom stereocenters. The van der Waals surface area contributed by atoms with Gasteiger partial charge < -0.3 is 19.7 Å². The van der Waals surface area contributed by atoms with Crippen molar-refractivity contribution in [3.05, 3.63) is 35.4 Å². The number of nitrogens with zero attached hydrogens (tertiary/aromatic N) is 2. The monoisotopic (exact) mass is 373 g/mol. The van der Waals surface area contributed by atoms with E-state index in [2.05, 4.69) is 0 Å². The van der Waals surface area contributed by atoms with Gasteiger partial charge in [-0.05, 0) is 38.3 Å². The highest BCUT2D eigenvalue weighted by Gasteiger charge is 2.58. The molecule has 6 nitrogen and oxygen atoms in total. The zero-order valence-corrected chi connectivity index (χ0v) is 15.6. The first-order valence-corrected chi connectivity index (χ1v) is 9.78. The average Bonchev–Trinajstić information content (AvgIpc) is 3.05. The van der Waals surface area contributed by atoms with Crippen molar-refractivity contribution in [2.75, 3.05) is 13.1 Å². The Morgan fingerprint density at radius 1 is 1.19 bits per heavy atom. The summed E-state index contributed by atoms with van der Waals surface area (Å²) in [7, 11) is 0. The molecule has 138 valence electrons. The smallest absolute Gasteiger partial charge is 0.256 e. The number of carbonyl (C=O) groups excluding carboxylic acids is 3. The fourth-order valence-corrected chi connectivity index (χ4v) is 5.87. The molecule has 0 aromatic heterocycles. The summed E-state index contributed by atoms with van der Waals surface area (Å²) in [5, 5.41) is 10.9. The van der Waals surface area contributed by atoms with E-state index < -0.39 is 22.7 Å². The van der Waals surface area contributed by atoms with E-state index in [0.717, 1.165) is 5.56 Å². The topological polar surface area (TPSA) is 80.8 Å². The van der Waals surface area contributed by atoms with E-state index in [1.54, 1.807) is 21.6 Å². The van der Waals surface area contributed by atoms with Crippen molar-refractivity contribution in [1.82, 2.24) is 9.80 Å². The van der Waals surface area contributed by atoms with Gasteiger partial charge in [0.25, 0.3) is 5.91 Å². The summed E-state index contributed by atoms with van der Waals surface area (Å²) in [5.74, 6) is -1.70. The molecule has 1 aromatic rings. The van der Waals surface area contributed by atoms with Crippen LogP contribution in [0.25, 0.3) is 0 Å². The molecule has 0 spiro atoms. The maximum atomic E-state index is 13.3. The van der Waals surface area contributed by atoms with Crippen LogP contribution in [0.15, 0.2) is 24.3 Å². The first kappa shape index (κ1) is 17.4. The Balaban J connectivity index is 1.59. The van der Waals surface area contributed by atoms with Crippen LogP contribution in [0.1, 0.15) is 48.0 Å². The number of likely N-dealkylation sites (tertiary alicyclic amines) is 1. The molecule has 7 heteroatoms. The molecule has 4 rings (SSSR count). The van der Waals surface area contributed by atoms with Gasteiger partial charge >= 0.3 is 0 Å². The predicted molar refractivity (Wildman–Crippen MR) is 95.1 cm³/mol. The fourth-order valence-electron chi connectivity index (χ4n) is 4.29. The molecule has 26 heavy (non-hydrogen) atoms. The number of fused-ring (bicyclic) bond motifs is 3. The van der Waals surface area contributed by atoms with Crippen LogP contribution >= 0.6 is 11.8 Å². The van der Waals surface area contributed by atoms with Crippen LogP contribution in [0.2, 0.25) is 0 Å². The van der Waals surface area contributed by atoms with Gasteiger partial charge in [0.05, 0.1) is 0 Å². The standard InChI is InChI=1S/C19H22N2O4S/c1-19(2)14(16(23)20-9-7-11(8-10-20)18(24)25)21-15(22)12-5-3-4-6-13(12)17(21)26-19/h3-6,11,14,17H,7-10H2,1-2H3,(H,24,25)/p-1/t14-,17+/m1/s1. The van der Waals surface area contributed by atoms with Gasteiger partial charge in [0.15, 0.2) is 0 Å². The Morgan fingerprint density at radius 3 is 2.50 bits per heavy atom. The maximum Gasteiger partial charge on any atom is 0.256 e. The number of piperidine rings is 1. The number of aliphatic carboxylic acids is 1. The van der Waals surface area contributed by atoms with Gasteiger partial charge in [-0.2, -0.15) is 0 Å². The van der Waals surface area contributed by atoms with Crippen LogP contribution < -0.4 is 5.11 Å². The van der Waals surface area contributed by atoms with Crippen LogP contribution in [0, 0.1) is 5.92 Å². The lowest BCUT2D eigenvalue weighted by Gasteiger charge is -2.38. The van der Waals surface area contributed by atoms with E-state index in [1.807, 2.05) is 38.1 Å². The van der Waals surface area contributed by atoms with Crippen molar-refractivity contribution in [3.63, 3.8) is 0 Å². The number of carboxylic acid groups (broad SMARTS) is 1. The van der Waals surface area contributed by atoms with Crippen molar-refractivity contribution < 1.29 is 19.5 Å². The van der Waals surface area contributed by atoms with Gasteiger partial charge in [0, 0.05) is 35.3 Å².